The molecule has 3 heteroatoms. The van der Waals surface area contributed by atoms with Crippen molar-refractivity contribution in [3.05, 3.63) is 35.5 Å². The molecule has 1 heterocycles. The zero-order chi connectivity index (χ0) is 17.2. The number of amides is 1. The highest BCUT2D eigenvalue weighted by Gasteiger charge is 2.51. The van der Waals surface area contributed by atoms with Gasteiger partial charge in [0.25, 0.3) is 5.91 Å². The van der Waals surface area contributed by atoms with Crippen molar-refractivity contribution in [1.29, 1.82) is 0 Å². The second kappa shape index (κ2) is 5.36. The molecule has 4 aliphatic carbocycles. The maximum absolute atomic E-state index is 13.4. The first-order valence-corrected chi connectivity index (χ1v) is 9.99. The molecule has 1 amide bonds. The summed E-state index contributed by atoms with van der Waals surface area (Å²) >= 11 is 0. The Morgan fingerprint density at radius 2 is 1.72 bits per heavy atom. The lowest BCUT2D eigenvalue weighted by atomic mass is 9.53. The second-order valence-electron chi connectivity index (χ2n) is 8.89. The summed E-state index contributed by atoms with van der Waals surface area (Å²) in [7, 11) is 0. The van der Waals surface area contributed by atoms with E-state index in [4.69, 9.17) is 0 Å². The van der Waals surface area contributed by atoms with Crippen LogP contribution in [0.4, 0.5) is 0 Å². The molecule has 25 heavy (non-hydrogen) atoms. The SMILES string of the molecule is CCn1c(C(=O)NC23CC4CC(CC(C4)C2)C3)c(C)c2ccccc21. The number of nitrogens with zero attached hydrogens (tertiary/aromatic N) is 1. The molecule has 0 atom stereocenters. The van der Waals surface area contributed by atoms with Crippen LogP contribution in [0.5, 0.6) is 0 Å². The molecule has 0 radical (unpaired) electrons. The van der Waals surface area contributed by atoms with Gasteiger partial charge in [-0.25, -0.2) is 0 Å². The quantitative estimate of drug-likeness (QED) is 0.868. The fourth-order valence-electron chi connectivity index (χ4n) is 6.66. The van der Waals surface area contributed by atoms with E-state index in [1.165, 1.54) is 49.4 Å². The predicted molar refractivity (Wildman–Crippen MR) is 101 cm³/mol. The first-order valence-electron chi connectivity index (χ1n) is 9.99. The van der Waals surface area contributed by atoms with Gasteiger partial charge in [-0.05, 0) is 81.8 Å². The fourth-order valence-corrected chi connectivity index (χ4v) is 6.66. The van der Waals surface area contributed by atoms with E-state index in [9.17, 15) is 4.79 Å². The Bertz CT molecular complexity index is 812. The maximum atomic E-state index is 13.4. The van der Waals surface area contributed by atoms with Gasteiger partial charge in [0.05, 0.1) is 0 Å². The molecule has 2 aromatic rings. The minimum absolute atomic E-state index is 0.0767. The van der Waals surface area contributed by atoms with Crippen LogP contribution in [0.15, 0.2) is 24.3 Å². The Balaban J connectivity index is 1.51. The number of fused-ring (bicyclic) bond motifs is 1. The Kier molecular flexibility index (Phi) is 3.32. The first-order chi connectivity index (χ1) is 12.1. The van der Waals surface area contributed by atoms with E-state index in [0.717, 1.165) is 35.6 Å². The molecule has 4 saturated carbocycles. The number of aryl methyl sites for hydroxylation is 2. The lowest BCUT2D eigenvalue weighted by molar-refractivity contribution is -0.0168. The molecule has 0 aliphatic heterocycles. The molecule has 6 rings (SSSR count). The van der Waals surface area contributed by atoms with Crippen molar-refractivity contribution in [1.82, 2.24) is 9.88 Å². The average Bonchev–Trinajstić information content (AvgIpc) is 2.86. The van der Waals surface area contributed by atoms with Gasteiger partial charge in [0.1, 0.15) is 5.69 Å². The first kappa shape index (κ1) is 15.5. The molecule has 1 aromatic heterocycles. The van der Waals surface area contributed by atoms with E-state index in [1.807, 2.05) is 0 Å². The highest BCUT2D eigenvalue weighted by molar-refractivity contribution is 6.02. The van der Waals surface area contributed by atoms with Crippen LogP contribution in [0.2, 0.25) is 0 Å². The molecule has 0 saturated heterocycles. The van der Waals surface area contributed by atoms with Gasteiger partial charge in [-0.15, -0.1) is 0 Å². The minimum Gasteiger partial charge on any atom is -0.345 e. The molecule has 1 aromatic carbocycles. The van der Waals surface area contributed by atoms with Crippen molar-refractivity contribution in [3.8, 4) is 0 Å². The Morgan fingerprint density at radius 3 is 2.32 bits per heavy atom. The van der Waals surface area contributed by atoms with Crippen LogP contribution >= 0.6 is 0 Å². The number of hydrogen-bond donors (Lipinski definition) is 1. The van der Waals surface area contributed by atoms with Crippen LogP contribution in [0.3, 0.4) is 0 Å². The molecule has 0 unspecified atom stereocenters. The monoisotopic (exact) mass is 336 g/mol. The molecule has 0 spiro atoms. The minimum atomic E-state index is 0.0767. The number of nitrogens with one attached hydrogen (secondary N) is 1. The molecule has 3 nitrogen and oxygen atoms in total. The third-order valence-corrected chi connectivity index (χ3v) is 7.17. The molecule has 4 fully saturated rings. The summed E-state index contributed by atoms with van der Waals surface area (Å²) in [6.07, 6.45) is 7.83. The van der Waals surface area contributed by atoms with Gasteiger partial charge in [-0.2, -0.15) is 0 Å². The van der Waals surface area contributed by atoms with Crippen LogP contribution in [-0.2, 0) is 6.54 Å². The van der Waals surface area contributed by atoms with Crippen molar-refractivity contribution < 1.29 is 4.79 Å². The van der Waals surface area contributed by atoms with Gasteiger partial charge in [-0.3, -0.25) is 4.79 Å². The van der Waals surface area contributed by atoms with E-state index in [0.29, 0.717) is 0 Å². The fraction of sp³-hybridized carbons (Fsp3) is 0.591. The number of benzene rings is 1. The normalized spacial score (nSPS) is 33.1. The van der Waals surface area contributed by atoms with Crippen molar-refractivity contribution in [3.63, 3.8) is 0 Å². The summed E-state index contributed by atoms with van der Waals surface area (Å²) in [5, 5.41) is 4.77. The molecule has 4 aliphatic rings. The molecule has 132 valence electrons. The van der Waals surface area contributed by atoms with Crippen LogP contribution < -0.4 is 5.32 Å². The van der Waals surface area contributed by atoms with E-state index in [-0.39, 0.29) is 11.4 Å². The number of carbonyl (C=O) groups is 1. The van der Waals surface area contributed by atoms with Gasteiger partial charge in [0.2, 0.25) is 0 Å². The van der Waals surface area contributed by atoms with Crippen LogP contribution in [-0.4, -0.2) is 16.0 Å². The Morgan fingerprint density at radius 1 is 1.12 bits per heavy atom. The number of hydrogen-bond acceptors (Lipinski definition) is 1. The largest absolute Gasteiger partial charge is 0.345 e. The average molecular weight is 336 g/mol. The topological polar surface area (TPSA) is 34.0 Å². The summed E-state index contributed by atoms with van der Waals surface area (Å²) in [5.74, 6) is 2.71. The van der Waals surface area contributed by atoms with E-state index < -0.39 is 0 Å². The van der Waals surface area contributed by atoms with Gasteiger partial charge >= 0.3 is 0 Å². The van der Waals surface area contributed by atoms with Crippen molar-refractivity contribution >= 4 is 16.8 Å². The Labute approximate surface area is 149 Å². The van der Waals surface area contributed by atoms with Crippen molar-refractivity contribution in [2.24, 2.45) is 17.8 Å². The third kappa shape index (κ3) is 2.28. The zero-order valence-electron chi connectivity index (χ0n) is 15.3. The summed E-state index contributed by atoms with van der Waals surface area (Å²) in [5.41, 5.74) is 3.25. The van der Waals surface area contributed by atoms with Crippen molar-refractivity contribution in [2.45, 2.75) is 64.5 Å². The second-order valence-corrected chi connectivity index (χ2v) is 8.89. The molecular weight excluding hydrogens is 308 g/mol. The smallest absolute Gasteiger partial charge is 0.268 e. The van der Waals surface area contributed by atoms with Gasteiger partial charge in [0.15, 0.2) is 0 Å². The highest BCUT2D eigenvalue weighted by Crippen LogP contribution is 2.55. The van der Waals surface area contributed by atoms with Gasteiger partial charge in [-0.1, -0.05) is 18.2 Å². The van der Waals surface area contributed by atoms with Crippen LogP contribution in [0.1, 0.15) is 61.5 Å². The maximum Gasteiger partial charge on any atom is 0.268 e. The van der Waals surface area contributed by atoms with Gasteiger partial charge in [0, 0.05) is 23.0 Å². The lowest BCUT2D eigenvalue weighted by Crippen LogP contribution is -2.60. The van der Waals surface area contributed by atoms with E-state index in [2.05, 4.69) is 48.0 Å². The van der Waals surface area contributed by atoms with Crippen molar-refractivity contribution in [2.75, 3.05) is 0 Å². The lowest BCUT2D eigenvalue weighted by Gasteiger charge is -2.56. The van der Waals surface area contributed by atoms with Crippen LogP contribution in [0, 0.1) is 24.7 Å². The summed E-state index contributed by atoms with van der Waals surface area (Å²) in [4.78, 5) is 13.4. The number of rotatable bonds is 3. The van der Waals surface area contributed by atoms with Crippen LogP contribution in [0.25, 0.3) is 10.9 Å². The van der Waals surface area contributed by atoms with Gasteiger partial charge < -0.3 is 9.88 Å². The molecule has 1 N–H and O–H groups in total. The Hall–Kier alpha value is -1.77. The molecular formula is C22H28N2O. The predicted octanol–water partition coefficient (Wildman–Crippen LogP) is 4.67. The third-order valence-electron chi connectivity index (χ3n) is 7.17. The number of para-hydroxylation sites is 1. The summed E-state index contributed by atoms with van der Waals surface area (Å²) in [6, 6.07) is 8.40. The summed E-state index contributed by atoms with van der Waals surface area (Å²) < 4.78 is 2.19. The zero-order valence-corrected chi connectivity index (χ0v) is 15.3. The molecule has 4 bridgehead atoms. The standard InChI is InChI=1S/C22H28N2O/c1-3-24-19-7-5-4-6-18(19)14(2)20(24)21(25)23-22-11-15-8-16(12-22)10-17(9-15)13-22/h4-7,15-17H,3,8-13H2,1-2H3,(H,23,25). The van der Waals surface area contributed by atoms with E-state index >= 15 is 0 Å². The highest BCUT2D eigenvalue weighted by atomic mass is 16.2. The number of carbonyl (C=O) groups excluding carboxylic acids is 1. The number of aromatic nitrogens is 1. The summed E-state index contributed by atoms with van der Waals surface area (Å²) in [6.45, 7) is 5.06. The van der Waals surface area contributed by atoms with E-state index in [1.54, 1.807) is 0 Å².